The third-order valence-electron chi connectivity index (χ3n) is 4.32. The predicted octanol–water partition coefficient (Wildman–Crippen LogP) is 3.01. The van der Waals surface area contributed by atoms with Gasteiger partial charge in [0.1, 0.15) is 0 Å². The Labute approximate surface area is 102 Å². The van der Waals surface area contributed by atoms with Crippen LogP contribution in [0.3, 0.4) is 0 Å². The topological polar surface area (TPSA) is 29.3 Å². The summed E-state index contributed by atoms with van der Waals surface area (Å²) in [6.07, 6.45) is 7.87. The third-order valence-corrected chi connectivity index (χ3v) is 4.32. The van der Waals surface area contributed by atoms with Crippen LogP contribution in [0.4, 0.5) is 0 Å². The lowest BCUT2D eigenvalue weighted by Gasteiger charge is -2.45. The molecule has 0 radical (unpaired) electrons. The van der Waals surface area contributed by atoms with Crippen molar-refractivity contribution >= 4 is 0 Å². The van der Waals surface area contributed by atoms with E-state index in [1.165, 1.54) is 45.1 Å². The summed E-state index contributed by atoms with van der Waals surface area (Å²) in [6.45, 7) is 8.12. The van der Waals surface area contributed by atoms with Crippen molar-refractivity contribution in [1.29, 1.82) is 0 Å². The fourth-order valence-electron chi connectivity index (χ4n) is 2.91. The highest BCUT2D eigenvalue weighted by Crippen LogP contribution is 2.36. The second kappa shape index (κ2) is 6.02. The molecule has 0 bridgehead atoms. The Morgan fingerprint density at radius 2 is 2.00 bits per heavy atom. The number of hydrogen-bond acceptors (Lipinski definition) is 2. The van der Waals surface area contributed by atoms with Gasteiger partial charge in [0.2, 0.25) is 0 Å². The molecule has 2 heteroatoms. The van der Waals surface area contributed by atoms with Crippen LogP contribution in [0, 0.1) is 5.41 Å². The fourth-order valence-corrected chi connectivity index (χ4v) is 2.91. The van der Waals surface area contributed by atoms with Crippen molar-refractivity contribution in [3.8, 4) is 0 Å². The molecule has 2 nitrogen and oxygen atoms in total. The summed E-state index contributed by atoms with van der Waals surface area (Å²) in [5.41, 5.74) is 6.74. The molecule has 0 saturated heterocycles. The Kier molecular flexibility index (Phi) is 5.26. The molecule has 1 aliphatic rings. The van der Waals surface area contributed by atoms with Gasteiger partial charge in [0.15, 0.2) is 0 Å². The second-order valence-corrected chi connectivity index (χ2v) is 6.16. The molecule has 0 heterocycles. The molecule has 1 fully saturated rings. The lowest BCUT2D eigenvalue weighted by Crippen LogP contribution is -2.56. The maximum atomic E-state index is 6.42. The number of unbranched alkanes of at least 4 members (excludes halogenated alkanes) is 2. The van der Waals surface area contributed by atoms with E-state index in [0.29, 0.717) is 17.5 Å². The van der Waals surface area contributed by atoms with Gasteiger partial charge in [-0.25, -0.2) is 0 Å². The first-order valence-corrected chi connectivity index (χ1v) is 6.95. The molecule has 1 aliphatic carbocycles. The zero-order chi connectivity index (χ0) is 12.2. The van der Waals surface area contributed by atoms with Crippen LogP contribution >= 0.6 is 0 Å². The molecule has 2 unspecified atom stereocenters. The summed E-state index contributed by atoms with van der Waals surface area (Å²) in [7, 11) is 2.25. The van der Waals surface area contributed by atoms with Gasteiger partial charge in [-0.2, -0.15) is 0 Å². The Morgan fingerprint density at radius 1 is 1.31 bits per heavy atom. The zero-order valence-electron chi connectivity index (χ0n) is 11.6. The van der Waals surface area contributed by atoms with E-state index >= 15 is 0 Å². The minimum atomic E-state index is 0.321. The van der Waals surface area contributed by atoms with Crippen LogP contribution in [0.15, 0.2) is 0 Å². The first-order chi connectivity index (χ1) is 7.49. The van der Waals surface area contributed by atoms with Crippen LogP contribution in [0.1, 0.15) is 59.3 Å². The minimum Gasteiger partial charge on any atom is -0.326 e. The predicted molar refractivity (Wildman–Crippen MR) is 71.6 cm³/mol. The second-order valence-electron chi connectivity index (χ2n) is 6.16. The Hall–Kier alpha value is -0.0800. The standard InChI is InChI=1S/C14H30N2/c1-5-6-7-11-16(4)12-9-8-10-14(2,3)13(12)15/h12-13H,5-11,15H2,1-4H3. The highest BCUT2D eigenvalue weighted by Gasteiger charge is 2.37. The summed E-state index contributed by atoms with van der Waals surface area (Å²) in [4.78, 5) is 2.50. The molecule has 2 atom stereocenters. The zero-order valence-corrected chi connectivity index (χ0v) is 11.6. The average Bonchev–Trinajstić information content (AvgIpc) is 2.22. The van der Waals surface area contributed by atoms with Gasteiger partial charge in [0, 0.05) is 12.1 Å². The first kappa shape index (κ1) is 14.0. The van der Waals surface area contributed by atoms with Gasteiger partial charge in [-0.1, -0.05) is 40.0 Å². The number of rotatable bonds is 5. The van der Waals surface area contributed by atoms with E-state index in [-0.39, 0.29) is 0 Å². The molecule has 2 N–H and O–H groups in total. The van der Waals surface area contributed by atoms with Crippen LogP contribution in [0.5, 0.6) is 0 Å². The van der Waals surface area contributed by atoms with Crippen molar-refractivity contribution in [2.24, 2.45) is 11.1 Å². The van der Waals surface area contributed by atoms with E-state index in [2.05, 4.69) is 32.7 Å². The first-order valence-electron chi connectivity index (χ1n) is 6.95. The van der Waals surface area contributed by atoms with Crippen LogP contribution in [-0.4, -0.2) is 30.6 Å². The Balaban J connectivity index is 2.45. The minimum absolute atomic E-state index is 0.321. The molecule has 96 valence electrons. The van der Waals surface area contributed by atoms with Gasteiger partial charge >= 0.3 is 0 Å². The molecule has 0 aromatic carbocycles. The van der Waals surface area contributed by atoms with Crippen molar-refractivity contribution in [3.05, 3.63) is 0 Å². The van der Waals surface area contributed by atoms with Crippen molar-refractivity contribution < 1.29 is 0 Å². The van der Waals surface area contributed by atoms with E-state index in [9.17, 15) is 0 Å². The summed E-state index contributed by atoms with van der Waals surface area (Å²) < 4.78 is 0. The monoisotopic (exact) mass is 226 g/mol. The largest absolute Gasteiger partial charge is 0.326 e. The number of hydrogen-bond donors (Lipinski definition) is 1. The van der Waals surface area contributed by atoms with E-state index in [0.717, 1.165) is 0 Å². The molecule has 0 aromatic rings. The maximum absolute atomic E-state index is 6.42. The van der Waals surface area contributed by atoms with E-state index < -0.39 is 0 Å². The molecule has 0 aromatic heterocycles. The van der Waals surface area contributed by atoms with Crippen LogP contribution in [0.2, 0.25) is 0 Å². The summed E-state index contributed by atoms with van der Waals surface area (Å²) >= 11 is 0. The number of likely N-dealkylation sites (N-methyl/N-ethyl adjacent to an activating group) is 1. The SMILES string of the molecule is CCCCCN(C)C1CCCC(C)(C)C1N. The van der Waals surface area contributed by atoms with Gasteiger partial charge < -0.3 is 10.6 Å². The van der Waals surface area contributed by atoms with Gasteiger partial charge in [-0.15, -0.1) is 0 Å². The Morgan fingerprint density at radius 3 is 2.62 bits per heavy atom. The highest BCUT2D eigenvalue weighted by molar-refractivity contribution is 4.95. The van der Waals surface area contributed by atoms with E-state index in [4.69, 9.17) is 5.73 Å². The van der Waals surface area contributed by atoms with Crippen molar-refractivity contribution in [3.63, 3.8) is 0 Å². The molecular weight excluding hydrogens is 196 g/mol. The average molecular weight is 226 g/mol. The fraction of sp³-hybridized carbons (Fsp3) is 1.00. The molecule has 0 spiro atoms. The lowest BCUT2D eigenvalue weighted by molar-refractivity contribution is 0.0837. The van der Waals surface area contributed by atoms with Gasteiger partial charge in [-0.3, -0.25) is 0 Å². The van der Waals surface area contributed by atoms with Crippen molar-refractivity contribution in [1.82, 2.24) is 4.90 Å². The summed E-state index contributed by atoms with van der Waals surface area (Å²) in [6, 6.07) is 0.938. The summed E-state index contributed by atoms with van der Waals surface area (Å²) in [5.74, 6) is 0. The van der Waals surface area contributed by atoms with Crippen LogP contribution in [0.25, 0.3) is 0 Å². The number of nitrogens with zero attached hydrogens (tertiary/aromatic N) is 1. The van der Waals surface area contributed by atoms with E-state index in [1.807, 2.05) is 0 Å². The third kappa shape index (κ3) is 3.46. The molecule has 0 aliphatic heterocycles. The molecule has 1 saturated carbocycles. The Bertz CT molecular complexity index is 201. The molecular formula is C14H30N2. The maximum Gasteiger partial charge on any atom is 0.0249 e. The molecule has 1 rings (SSSR count). The summed E-state index contributed by atoms with van der Waals surface area (Å²) in [5, 5.41) is 0. The van der Waals surface area contributed by atoms with Crippen LogP contribution < -0.4 is 5.73 Å². The smallest absolute Gasteiger partial charge is 0.0249 e. The van der Waals surface area contributed by atoms with Gasteiger partial charge in [0.25, 0.3) is 0 Å². The van der Waals surface area contributed by atoms with Gasteiger partial charge in [0.05, 0.1) is 0 Å². The normalized spacial score (nSPS) is 29.6. The van der Waals surface area contributed by atoms with E-state index in [1.54, 1.807) is 0 Å². The lowest BCUT2D eigenvalue weighted by atomic mass is 9.71. The quantitative estimate of drug-likeness (QED) is 0.730. The van der Waals surface area contributed by atoms with Crippen molar-refractivity contribution in [2.75, 3.05) is 13.6 Å². The van der Waals surface area contributed by atoms with Crippen molar-refractivity contribution in [2.45, 2.75) is 71.4 Å². The number of nitrogens with two attached hydrogens (primary N) is 1. The molecule has 0 amide bonds. The molecule has 16 heavy (non-hydrogen) atoms. The van der Waals surface area contributed by atoms with Crippen LogP contribution in [-0.2, 0) is 0 Å². The van der Waals surface area contributed by atoms with Gasteiger partial charge in [-0.05, 0) is 38.3 Å². The highest BCUT2D eigenvalue weighted by atomic mass is 15.1.